The van der Waals surface area contributed by atoms with Gasteiger partial charge >= 0.3 is 5.97 Å². The lowest BCUT2D eigenvalue weighted by molar-refractivity contribution is -0.147. The quantitative estimate of drug-likeness (QED) is 0.711. The van der Waals surface area contributed by atoms with E-state index in [2.05, 4.69) is 0 Å². The lowest BCUT2D eigenvalue weighted by Gasteiger charge is -2.30. The smallest absolute Gasteiger partial charge is 0.308 e. The summed E-state index contributed by atoms with van der Waals surface area (Å²) in [4.78, 5) is 11.0. The van der Waals surface area contributed by atoms with Gasteiger partial charge in [0.2, 0.25) is 0 Å². The van der Waals surface area contributed by atoms with Crippen molar-refractivity contribution in [2.24, 2.45) is 11.8 Å². The number of aliphatic hydroxyl groups excluding tert-OH is 1. The highest BCUT2D eigenvalue weighted by Crippen LogP contribution is 2.28. The minimum absolute atomic E-state index is 0.00412. The largest absolute Gasteiger partial charge is 0.459 e. The Balaban J connectivity index is 2.66. The Kier molecular flexibility index (Phi) is 4.11. The molecule has 1 fully saturated rings. The number of esters is 1. The first-order valence-electron chi connectivity index (χ1n) is 5.37. The average Bonchev–Trinajstić information content (AvgIpc) is 2.45. The third-order valence-corrected chi connectivity index (χ3v) is 2.99. The molecule has 1 heterocycles. The molecule has 0 aromatic heterocycles. The Morgan fingerprint density at radius 3 is 2.40 bits per heavy atom. The highest BCUT2D eigenvalue weighted by atomic mass is 16.6. The maximum atomic E-state index is 11.0. The Bertz CT molecular complexity index is 227. The zero-order valence-corrected chi connectivity index (χ0v) is 9.77. The fourth-order valence-electron chi connectivity index (χ4n) is 2.30. The van der Waals surface area contributed by atoms with Crippen molar-refractivity contribution in [3.63, 3.8) is 0 Å². The molecule has 1 N–H and O–H groups in total. The van der Waals surface area contributed by atoms with Crippen molar-refractivity contribution < 1.29 is 19.4 Å². The van der Waals surface area contributed by atoms with Crippen LogP contribution in [-0.2, 0) is 14.3 Å². The maximum absolute atomic E-state index is 11.0. The molecule has 0 aromatic rings. The van der Waals surface area contributed by atoms with Crippen LogP contribution in [0.2, 0.25) is 0 Å². The van der Waals surface area contributed by atoms with Gasteiger partial charge in [0.25, 0.3) is 0 Å². The summed E-state index contributed by atoms with van der Waals surface area (Å²) in [5.41, 5.74) is 0. The normalized spacial score (nSPS) is 30.4. The van der Waals surface area contributed by atoms with Crippen molar-refractivity contribution >= 4 is 5.97 Å². The van der Waals surface area contributed by atoms with Crippen LogP contribution in [0.1, 0.15) is 27.2 Å². The second-order valence-electron chi connectivity index (χ2n) is 4.53. The summed E-state index contributed by atoms with van der Waals surface area (Å²) in [5, 5.41) is 9.65. The van der Waals surface area contributed by atoms with Crippen LogP contribution in [0.15, 0.2) is 0 Å². The molecule has 0 radical (unpaired) electrons. The van der Waals surface area contributed by atoms with Crippen LogP contribution in [0.5, 0.6) is 0 Å². The van der Waals surface area contributed by atoms with E-state index >= 15 is 0 Å². The van der Waals surface area contributed by atoms with Crippen molar-refractivity contribution in [1.29, 1.82) is 0 Å². The Morgan fingerprint density at radius 2 is 2.07 bits per heavy atom. The minimum atomic E-state index is -0.691. The van der Waals surface area contributed by atoms with Crippen molar-refractivity contribution in [3.05, 3.63) is 0 Å². The third-order valence-electron chi connectivity index (χ3n) is 2.99. The van der Waals surface area contributed by atoms with E-state index in [1.165, 1.54) is 0 Å². The molecule has 1 rings (SSSR count). The van der Waals surface area contributed by atoms with Gasteiger partial charge in [-0.05, 0) is 5.92 Å². The lowest BCUT2D eigenvalue weighted by atomic mass is 9.88. The number of hydrogen-bond acceptors (Lipinski definition) is 4. The molecule has 4 atom stereocenters. The van der Waals surface area contributed by atoms with Gasteiger partial charge in [0, 0.05) is 13.0 Å². The van der Waals surface area contributed by atoms with Crippen LogP contribution in [0.4, 0.5) is 0 Å². The van der Waals surface area contributed by atoms with Gasteiger partial charge in [-0.1, -0.05) is 20.8 Å². The molecule has 0 bridgehead atoms. The van der Waals surface area contributed by atoms with Crippen molar-refractivity contribution in [3.8, 4) is 0 Å². The molecule has 4 heteroatoms. The van der Waals surface area contributed by atoms with E-state index in [0.717, 1.165) is 0 Å². The Labute approximate surface area is 90.6 Å². The number of hydrogen-bond donors (Lipinski definition) is 1. The summed E-state index contributed by atoms with van der Waals surface area (Å²) in [5.74, 6) is 0.0194. The summed E-state index contributed by atoms with van der Waals surface area (Å²) in [6.07, 6.45) is -1.02. The van der Waals surface area contributed by atoms with E-state index in [4.69, 9.17) is 9.47 Å². The first kappa shape index (κ1) is 12.5. The highest BCUT2D eigenvalue weighted by molar-refractivity contribution is 5.72. The summed E-state index contributed by atoms with van der Waals surface area (Å²) in [7, 11) is 1.64. The zero-order valence-electron chi connectivity index (χ0n) is 9.77. The Morgan fingerprint density at radius 1 is 1.47 bits per heavy atom. The Hall–Kier alpha value is -0.610. The number of carbonyl (C=O) groups excluding carboxylic acids is 1. The average molecular weight is 216 g/mol. The van der Waals surface area contributed by atoms with Gasteiger partial charge in [0.15, 0.2) is 0 Å². The number of aliphatic hydroxyl groups is 1. The van der Waals surface area contributed by atoms with Crippen LogP contribution in [0.3, 0.4) is 0 Å². The van der Waals surface area contributed by atoms with Gasteiger partial charge < -0.3 is 14.6 Å². The van der Waals surface area contributed by atoms with Crippen LogP contribution in [-0.4, -0.2) is 36.5 Å². The van der Waals surface area contributed by atoms with Crippen molar-refractivity contribution in [2.45, 2.75) is 45.5 Å². The predicted molar refractivity (Wildman–Crippen MR) is 55.3 cm³/mol. The summed E-state index contributed by atoms with van der Waals surface area (Å²) in [6.45, 7) is 6.04. The topological polar surface area (TPSA) is 55.8 Å². The second-order valence-corrected chi connectivity index (χ2v) is 4.53. The molecule has 88 valence electrons. The molecular formula is C11H20O4. The van der Waals surface area contributed by atoms with Crippen LogP contribution in [0.25, 0.3) is 0 Å². The molecule has 1 aliphatic heterocycles. The molecule has 1 saturated heterocycles. The van der Waals surface area contributed by atoms with Gasteiger partial charge in [0.05, 0.1) is 12.5 Å². The number of ether oxygens (including phenoxy) is 2. The molecule has 0 aliphatic carbocycles. The van der Waals surface area contributed by atoms with E-state index in [1.807, 2.05) is 20.8 Å². The molecule has 0 saturated carbocycles. The van der Waals surface area contributed by atoms with E-state index in [1.54, 1.807) is 7.11 Å². The zero-order chi connectivity index (χ0) is 11.6. The molecule has 0 aromatic carbocycles. The first-order chi connectivity index (χ1) is 6.97. The van der Waals surface area contributed by atoms with Crippen LogP contribution >= 0.6 is 0 Å². The monoisotopic (exact) mass is 216 g/mol. The molecule has 0 spiro atoms. The van der Waals surface area contributed by atoms with Gasteiger partial charge in [-0.2, -0.15) is 0 Å². The van der Waals surface area contributed by atoms with E-state index < -0.39 is 12.2 Å². The second kappa shape index (κ2) is 4.94. The third kappa shape index (κ3) is 2.69. The highest BCUT2D eigenvalue weighted by Gasteiger charge is 2.40. The molecule has 1 aliphatic rings. The van der Waals surface area contributed by atoms with Gasteiger partial charge in [-0.3, -0.25) is 4.79 Å². The van der Waals surface area contributed by atoms with Crippen LogP contribution in [0, 0.1) is 11.8 Å². The minimum Gasteiger partial charge on any atom is -0.459 e. The summed E-state index contributed by atoms with van der Waals surface area (Å²) in [6, 6.07) is 0. The fourth-order valence-corrected chi connectivity index (χ4v) is 2.30. The summed E-state index contributed by atoms with van der Waals surface area (Å²) < 4.78 is 10.5. The van der Waals surface area contributed by atoms with Crippen molar-refractivity contribution in [1.82, 2.24) is 0 Å². The van der Waals surface area contributed by atoms with Crippen molar-refractivity contribution in [2.75, 3.05) is 7.11 Å². The first-order valence-corrected chi connectivity index (χ1v) is 5.37. The maximum Gasteiger partial charge on any atom is 0.308 e. The van der Waals surface area contributed by atoms with Gasteiger partial charge in [-0.25, -0.2) is 0 Å². The summed E-state index contributed by atoms with van der Waals surface area (Å²) >= 11 is 0. The van der Waals surface area contributed by atoms with Crippen LogP contribution < -0.4 is 0 Å². The van der Waals surface area contributed by atoms with Gasteiger partial charge in [0.1, 0.15) is 12.2 Å². The standard InChI is InChI=1S/C11H20O4/c1-6(2)10(14-4)7(3)11-8(12)5-9(13)15-11/h6-8,10-12H,5H2,1-4H3/t7-,8?,10+,11?/m1/s1. The SMILES string of the molecule is CO[C@@H](C(C)C)[C@@H](C)C1OC(=O)CC1O. The molecule has 4 nitrogen and oxygen atoms in total. The number of cyclic esters (lactones) is 1. The molecular weight excluding hydrogens is 196 g/mol. The number of carbonyl (C=O) groups is 1. The van der Waals surface area contributed by atoms with Gasteiger partial charge in [-0.15, -0.1) is 0 Å². The molecule has 2 unspecified atom stereocenters. The van der Waals surface area contributed by atoms with E-state index in [0.29, 0.717) is 5.92 Å². The fraction of sp³-hybridized carbons (Fsp3) is 0.909. The lowest BCUT2D eigenvalue weighted by Crippen LogP contribution is -2.39. The molecule has 15 heavy (non-hydrogen) atoms. The van der Waals surface area contributed by atoms with E-state index in [-0.39, 0.29) is 24.4 Å². The van der Waals surface area contributed by atoms with E-state index in [9.17, 15) is 9.90 Å². The predicted octanol–water partition coefficient (Wildman–Crippen LogP) is 0.970. The number of methoxy groups -OCH3 is 1. The molecule has 0 amide bonds. The number of rotatable bonds is 4.